The molecule has 1 aliphatic heterocycles. The summed E-state index contributed by atoms with van der Waals surface area (Å²) < 4.78 is 21.2. The lowest BCUT2D eigenvalue weighted by molar-refractivity contribution is -0.000545. The van der Waals surface area contributed by atoms with Gasteiger partial charge in [-0.3, -0.25) is 9.48 Å². The van der Waals surface area contributed by atoms with Crippen LogP contribution in [0.4, 0.5) is 9.18 Å². The summed E-state index contributed by atoms with van der Waals surface area (Å²) in [6.07, 6.45) is -0.358. The highest BCUT2D eigenvalue weighted by atomic mass is 79.9. The van der Waals surface area contributed by atoms with Gasteiger partial charge in [0.1, 0.15) is 27.5 Å². The first-order valence-corrected chi connectivity index (χ1v) is 10.3. The van der Waals surface area contributed by atoms with Gasteiger partial charge in [0, 0.05) is 43.2 Å². The Morgan fingerprint density at radius 3 is 2.67 bits per heavy atom. The van der Waals surface area contributed by atoms with Crippen LogP contribution < -0.4 is 5.32 Å². The number of likely N-dealkylation sites (tertiary alicyclic amines) is 1. The van der Waals surface area contributed by atoms with Crippen molar-refractivity contribution in [3.63, 3.8) is 0 Å². The van der Waals surface area contributed by atoms with Crippen LogP contribution in [0, 0.1) is 11.7 Å². The summed E-state index contributed by atoms with van der Waals surface area (Å²) in [5.41, 5.74) is 0.0289. The maximum Gasteiger partial charge on any atom is 0.410 e. The van der Waals surface area contributed by atoms with Crippen LogP contribution >= 0.6 is 15.9 Å². The molecule has 8 nitrogen and oxygen atoms in total. The number of aromatic nitrogens is 2. The molecule has 1 fully saturated rings. The van der Waals surface area contributed by atoms with Crippen molar-refractivity contribution in [2.75, 3.05) is 19.6 Å². The summed E-state index contributed by atoms with van der Waals surface area (Å²) in [7, 11) is 0. The Kier molecular flexibility index (Phi) is 6.35. The van der Waals surface area contributed by atoms with Gasteiger partial charge in [-0.1, -0.05) is 6.07 Å². The van der Waals surface area contributed by atoms with Crippen molar-refractivity contribution in [3.05, 3.63) is 45.9 Å². The lowest BCUT2D eigenvalue weighted by Crippen LogP contribution is -2.54. The maximum atomic E-state index is 14.0. The van der Waals surface area contributed by atoms with E-state index >= 15 is 0 Å². The number of carbonyl (C=O) groups is 2. The van der Waals surface area contributed by atoms with E-state index < -0.39 is 11.4 Å². The Morgan fingerprint density at radius 1 is 1.33 bits per heavy atom. The second-order valence-corrected chi connectivity index (χ2v) is 9.06. The number of hydrogen-bond acceptors (Lipinski definition) is 5. The fraction of sp³-hybridized carbons (Fsp3) is 0.450. The van der Waals surface area contributed by atoms with Gasteiger partial charge in [0.25, 0.3) is 5.91 Å². The molecule has 1 aromatic carbocycles. The molecule has 1 aromatic heterocycles. The molecule has 10 heteroatoms. The van der Waals surface area contributed by atoms with Crippen LogP contribution in [0.2, 0.25) is 0 Å². The SMILES string of the molecule is CC(C)(C)OC(=O)N1CC(CNC(=O)c2cc(Br)nn2Cc2ccc(O)cc2F)C1. The number of nitrogens with zero attached hydrogens (tertiary/aromatic N) is 3. The quantitative estimate of drug-likeness (QED) is 0.682. The average Bonchev–Trinajstić information content (AvgIpc) is 2.94. The largest absolute Gasteiger partial charge is 0.508 e. The van der Waals surface area contributed by atoms with Crippen molar-refractivity contribution in [1.29, 1.82) is 0 Å². The molecule has 0 radical (unpaired) electrons. The molecule has 3 rings (SSSR count). The van der Waals surface area contributed by atoms with Gasteiger partial charge in [0.15, 0.2) is 0 Å². The zero-order valence-electron chi connectivity index (χ0n) is 17.0. The highest BCUT2D eigenvalue weighted by Gasteiger charge is 2.34. The second-order valence-electron chi connectivity index (χ2n) is 8.25. The Labute approximate surface area is 182 Å². The zero-order valence-corrected chi connectivity index (χ0v) is 18.6. The standard InChI is InChI=1S/C20H24BrFN4O4/c1-20(2,3)30-19(29)25-9-12(10-25)8-23-18(28)16-7-17(21)24-26(16)11-13-4-5-14(27)6-15(13)22/h4-7,12,27H,8-11H2,1-3H3,(H,23,28). The fourth-order valence-corrected chi connectivity index (χ4v) is 3.42. The van der Waals surface area contributed by atoms with E-state index in [2.05, 4.69) is 26.3 Å². The normalized spacial score (nSPS) is 14.4. The van der Waals surface area contributed by atoms with Gasteiger partial charge in [0.05, 0.1) is 6.54 Å². The first kappa shape index (κ1) is 22.1. The van der Waals surface area contributed by atoms with Gasteiger partial charge in [0.2, 0.25) is 0 Å². The Balaban J connectivity index is 1.55. The molecule has 1 saturated heterocycles. The molecule has 0 bridgehead atoms. The molecule has 1 aliphatic rings. The first-order valence-electron chi connectivity index (χ1n) is 9.48. The summed E-state index contributed by atoms with van der Waals surface area (Å²) in [6.45, 7) is 6.90. The van der Waals surface area contributed by atoms with Crippen molar-refractivity contribution in [3.8, 4) is 5.75 Å². The van der Waals surface area contributed by atoms with Crippen LogP contribution in [0.1, 0.15) is 36.8 Å². The summed E-state index contributed by atoms with van der Waals surface area (Å²) in [4.78, 5) is 26.2. The minimum Gasteiger partial charge on any atom is -0.508 e. The number of benzene rings is 1. The molecule has 2 amide bonds. The van der Waals surface area contributed by atoms with Gasteiger partial charge >= 0.3 is 6.09 Å². The topological polar surface area (TPSA) is 96.7 Å². The van der Waals surface area contributed by atoms with E-state index in [1.807, 2.05) is 20.8 Å². The third kappa shape index (κ3) is 5.50. The number of hydrogen-bond donors (Lipinski definition) is 2. The predicted molar refractivity (Wildman–Crippen MR) is 111 cm³/mol. The molecule has 0 atom stereocenters. The lowest BCUT2D eigenvalue weighted by Gasteiger charge is -2.39. The number of halogens is 2. The van der Waals surface area contributed by atoms with Crippen LogP contribution in [-0.4, -0.2) is 57.0 Å². The minimum atomic E-state index is -0.579. The van der Waals surface area contributed by atoms with Crippen LogP contribution in [-0.2, 0) is 11.3 Å². The number of phenolic OH excluding ortho intramolecular Hbond substituents is 1. The summed E-state index contributed by atoms with van der Waals surface area (Å²) >= 11 is 3.24. The molecule has 30 heavy (non-hydrogen) atoms. The van der Waals surface area contributed by atoms with Gasteiger partial charge in [-0.05, 0) is 42.8 Å². The highest BCUT2D eigenvalue weighted by molar-refractivity contribution is 9.10. The van der Waals surface area contributed by atoms with E-state index in [9.17, 15) is 19.1 Å². The number of aromatic hydroxyl groups is 1. The van der Waals surface area contributed by atoms with Crippen molar-refractivity contribution in [2.24, 2.45) is 5.92 Å². The zero-order chi connectivity index (χ0) is 22.1. The van der Waals surface area contributed by atoms with E-state index in [0.29, 0.717) is 29.8 Å². The van der Waals surface area contributed by atoms with Crippen LogP contribution in [0.25, 0.3) is 0 Å². The van der Waals surface area contributed by atoms with Gasteiger partial charge in [-0.15, -0.1) is 0 Å². The van der Waals surface area contributed by atoms with E-state index in [4.69, 9.17) is 4.74 Å². The first-order chi connectivity index (χ1) is 14.0. The van der Waals surface area contributed by atoms with E-state index in [0.717, 1.165) is 6.07 Å². The Hall–Kier alpha value is -2.62. The summed E-state index contributed by atoms with van der Waals surface area (Å²) in [5.74, 6) is -0.958. The molecule has 2 heterocycles. The molecule has 2 aromatic rings. The number of rotatable bonds is 5. The fourth-order valence-electron chi connectivity index (χ4n) is 3.02. The van der Waals surface area contributed by atoms with Crippen LogP contribution in [0.3, 0.4) is 0 Å². The number of amides is 2. The van der Waals surface area contributed by atoms with Gasteiger partial charge in [-0.25, -0.2) is 9.18 Å². The van der Waals surface area contributed by atoms with Gasteiger partial charge < -0.3 is 20.1 Å². The van der Waals surface area contributed by atoms with E-state index in [1.165, 1.54) is 16.8 Å². The average molecular weight is 483 g/mol. The van der Waals surface area contributed by atoms with Crippen LogP contribution in [0.15, 0.2) is 28.9 Å². The second kappa shape index (κ2) is 8.63. The molecule has 162 valence electrons. The molecular weight excluding hydrogens is 459 g/mol. The number of carbonyl (C=O) groups excluding carboxylic acids is 2. The molecule has 0 aliphatic carbocycles. The summed E-state index contributed by atoms with van der Waals surface area (Å²) in [6, 6.07) is 5.40. The third-order valence-electron chi connectivity index (χ3n) is 4.50. The van der Waals surface area contributed by atoms with Crippen molar-refractivity contribution >= 4 is 27.9 Å². The highest BCUT2D eigenvalue weighted by Crippen LogP contribution is 2.20. The smallest absolute Gasteiger partial charge is 0.410 e. The van der Waals surface area contributed by atoms with E-state index in [-0.39, 0.29) is 35.9 Å². The monoisotopic (exact) mass is 482 g/mol. The predicted octanol–water partition coefficient (Wildman–Crippen LogP) is 3.14. The minimum absolute atomic E-state index is 0.0380. The Bertz CT molecular complexity index is 951. The van der Waals surface area contributed by atoms with Crippen LogP contribution in [0.5, 0.6) is 5.75 Å². The van der Waals surface area contributed by atoms with Crippen molar-refractivity contribution in [1.82, 2.24) is 20.0 Å². The summed E-state index contributed by atoms with van der Waals surface area (Å²) in [5, 5.41) is 16.4. The Morgan fingerprint density at radius 2 is 2.03 bits per heavy atom. The van der Waals surface area contributed by atoms with E-state index in [1.54, 1.807) is 11.0 Å². The van der Waals surface area contributed by atoms with Gasteiger partial charge in [-0.2, -0.15) is 5.10 Å². The molecular formula is C20H24BrFN4O4. The molecule has 2 N–H and O–H groups in total. The maximum absolute atomic E-state index is 14.0. The number of phenols is 1. The lowest BCUT2D eigenvalue weighted by atomic mass is 10.0. The molecule has 0 spiro atoms. The molecule has 0 saturated carbocycles. The molecule has 0 unspecified atom stereocenters. The number of nitrogens with one attached hydrogen (secondary N) is 1. The van der Waals surface area contributed by atoms with Crippen molar-refractivity contribution in [2.45, 2.75) is 32.9 Å². The third-order valence-corrected chi connectivity index (χ3v) is 4.89. The number of ether oxygens (including phenoxy) is 1. The van der Waals surface area contributed by atoms with Crippen molar-refractivity contribution < 1.29 is 23.8 Å².